The number of likely N-dealkylation sites (tertiary alicyclic amines) is 1. The summed E-state index contributed by atoms with van der Waals surface area (Å²) in [6, 6.07) is 17.9. The summed E-state index contributed by atoms with van der Waals surface area (Å²) in [5.41, 5.74) is 8.59. The van der Waals surface area contributed by atoms with Gasteiger partial charge in [0.15, 0.2) is 6.23 Å². The molecule has 1 saturated heterocycles. The quantitative estimate of drug-likeness (QED) is 0.154. The Morgan fingerprint density at radius 3 is 2.56 bits per heavy atom. The van der Waals surface area contributed by atoms with Crippen molar-refractivity contribution in [3.8, 4) is 11.6 Å². The summed E-state index contributed by atoms with van der Waals surface area (Å²) in [6.45, 7) is 3.50. The van der Waals surface area contributed by atoms with Gasteiger partial charge in [0.25, 0.3) is 0 Å². The first-order valence-electron chi connectivity index (χ1n) is 14.5. The average molecular weight is 619 g/mol. The van der Waals surface area contributed by atoms with E-state index >= 15 is 0 Å². The Balaban J connectivity index is 1.27. The van der Waals surface area contributed by atoms with Crippen LogP contribution in [0.4, 0.5) is 36.3 Å². The van der Waals surface area contributed by atoms with Crippen LogP contribution >= 0.6 is 0 Å². The van der Waals surface area contributed by atoms with Crippen LogP contribution in [0.15, 0.2) is 73.1 Å². The van der Waals surface area contributed by atoms with Crippen molar-refractivity contribution < 1.29 is 23.0 Å². The highest BCUT2D eigenvalue weighted by atomic mass is 19.4. The lowest BCUT2D eigenvalue weighted by atomic mass is 10.1. The van der Waals surface area contributed by atoms with Gasteiger partial charge in [-0.1, -0.05) is 18.2 Å². The molecule has 2 aromatic heterocycles. The van der Waals surface area contributed by atoms with Crippen molar-refractivity contribution in [2.75, 3.05) is 36.5 Å². The predicted molar refractivity (Wildman–Crippen MR) is 167 cm³/mol. The van der Waals surface area contributed by atoms with Gasteiger partial charge in [-0.15, -0.1) is 0 Å². The molecule has 234 valence electrons. The van der Waals surface area contributed by atoms with Gasteiger partial charge in [-0.25, -0.2) is 15.0 Å². The number of nitrogens with zero attached hydrogens (tertiary/aromatic N) is 5. The molecule has 0 amide bonds. The normalized spacial score (nSPS) is 15.2. The van der Waals surface area contributed by atoms with Crippen molar-refractivity contribution in [2.24, 2.45) is 0 Å². The number of hydrogen-bond acceptors (Lipinski definition) is 9. The maximum atomic E-state index is 13.8. The lowest BCUT2D eigenvalue weighted by molar-refractivity contribution is -0.137. The van der Waals surface area contributed by atoms with Crippen LogP contribution in [0, 0.1) is 6.92 Å². The standard InChI is InChI=1S/C32H33F3N8O2/c1-19-7-8-22(16-26(19)41-31-40-25-5-3-4-6-27(25)43(31)29-17-28(36)37-18-38-29)39-30(44)20-13-21(32(33,34)35)15-24(14-20)45-23-9-11-42(2)12-10-23/h3-8,13-18,23,30,39,44H,9-12H2,1-2H3,(H,40,41)(H2,36,37,38). The highest BCUT2D eigenvalue weighted by Crippen LogP contribution is 2.36. The number of fused-ring (bicyclic) bond motifs is 1. The fourth-order valence-electron chi connectivity index (χ4n) is 5.34. The van der Waals surface area contributed by atoms with Crippen molar-refractivity contribution in [1.29, 1.82) is 0 Å². The van der Waals surface area contributed by atoms with Crippen LogP contribution in [-0.2, 0) is 6.18 Å². The molecule has 1 aliphatic rings. The zero-order valence-electron chi connectivity index (χ0n) is 24.7. The van der Waals surface area contributed by atoms with Gasteiger partial charge in [0, 0.05) is 36.1 Å². The number of aryl methyl sites for hydroxylation is 1. The first-order chi connectivity index (χ1) is 21.5. The fourth-order valence-corrected chi connectivity index (χ4v) is 5.34. The minimum atomic E-state index is -4.61. The summed E-state index contributed by atoms with van der Waals surface area (Å²) >= 11 is 0. The Hall–Kier alpha value is -4.88. The van der Waals surface area contributed by atoms with Gasteiger partial charge < -0.3 is 31.1 Å². The Morgan fingerprint density at radius 1 is 1.02 bits per heavy atom. The molecule has 0 bridgehead atoms. The zero-order chi connectivity index (χ0) is 31.7. The monoisotopic (exact) mass is 618 g/mol. The second-order valence-corrected chi connectivity index (χ2v) is 11.2. The molecular formula is C32H33F3N8O2. The zero-order valence-corrected chi connectivity index (χ0v) is 24.7. The molecule has 6 rings (SSSR count). The average Bonchev–Trinajstić information content (AvgIpc) is 3.37. The molecule has 0 spiro atoms. The number of aliphatic hydroxyl groups is 1. The first kappa shape index (κ1) is 30.2. The number of nitrogens with two attached hydrogens (primary N) is 1. The summed E-state index contributed by atoms with van der Waals surface area (Å²) in [5, 5.41) is 17.4. The smallest absolute Gasteiger partial charge is 0.416 e. The van der Waals surface area contributed by atoms with Gasteiger partial charge >= 0.3 is 6.18 Å². The lowest BCUT2D eigenvalue weighted by Crippen LogP contribution is -2.35. The Morgan fingerprint density at radius 2 is 1.80 bits per heavy atom. The number of benzene rings is 3. The topological polar surface area (TPSA) is 126 Å². The molecule has 0 radical (unpaired) electrons. The summed E-state index contributed by atoms with van der Waals surface area (Å²) in [7, 11) is 2.00. The van der Waals surface area contributed by atoms with Gasteiger partial charge in [0.1, 0.15) is 29.8 Å². The third-order valence-corrected chi connectivity index (χ3v) is 7.79. The molecule has 1 atom stereocenters. The molecule has 3 heterocycles. The number of halogens is 3. The fraction of sp³-hybridized carbons (Fsp3) is 0.281. The Labute approximate surface area is 257 Å². The number of imidazole rings is 1. The second kappa shape index (κ2) is 12.3. The summed E-state index contributed by atoms with van der Waals surface area (Å²) < 4.78 is 49.3. The SMILES string of the molecule is Cc1ccc(NC(O)c2cc(OC3CCN(C)CC3)cc(C(F)(F)F)c2)cc1Nc1nc2ccccc2n1-c1cc(N)ncn1. The molecule has 1 unspecified atom stereocenters. The third kappa shape index (κ3) is 6.79. The van der Waals surface area contributed by atoms with Crippen molar-refractivity contribution in [3.63, 3.8) is 0 Å². The van der Waals surface area contributed by atoms with Crippen LogP contribution in [-0.4, -0.2) is 55.8 Å². The number of nitrogen functional groups attached to an aromatic ring is 1. The Kier molecular flexibility index (Phi) is 8.21. The van der Waals surface area contributed by atoms with Crippen LogP contribution in [0.25, 0.3) is 16.9 Å². The molecule has 0 aliphatic carbocycles. The molecule has 1 aliphatic heterocycles. The van der Waals surface area contributed by atoms with Crippen molar-refractivity contribution >= 4 is 34.2 Å². The Bertz CT molecular complexity index is 1820. The van der Waals surface area contributed by atoms with E-state index in [-0.39, 0.29) is 17.4 Å². The maximum Gasteiger partial charge on any atom is 0.416 e. The molecule has 5 aromatic rings. The second-order valence-electron chi connectivity index (χ2n) is 11.2. The number of ether oxygens (including phenoxy) is 1. The number of nitrogens with one attached hydrogen (secondary N) is 2. The van der Waals surface area contributed by atoms with Crippen LogP contribution in [0.2, 0.25) is 0 Å². The number of aliphatic hydroxyl groups excluding tert-OH is 1. The van der Waals surface area contributed by atoms with E-state index in [0.717, 1.165) is 41.8 Å². The van der Waals surface area contributed by atoms with E-state index < -0.39 is 18.0 Å². The molecule has 5 N–H and O–H groups in total. The van der Waals surface area contributed by atoms with Gasteiger partial charge in [-0.2, -0.15) is 13.2 Å². The molecule has 45 heavy (non-hydrogen) atoms. The minimum absolute atomic E-state index is 0.0333. The number of para-hydroxylation sites is 2. The maximum absolute atomic E-state index is 13.8. The number of aromatic nitrogens is 4. The van der Waals surface area contributed by atoms with Gasteiger partial charge in [-0.05, 0) is 74.8 Å². The largest absolute Gasteiger partial charge is 0.490 e. The number of anilines is 4. The lowest BCUT2D eigenvalue weighted by Gasteiger charge is -2.29. The van der Waals surface area contributed by atoms with E-state index in [4.69, 9.17) is 15.5 Å². The third-order valence-electron chi connectivity index (χ3n) is 7.79. The molecule has 1 fully saturated rings. The molecule has 10 nitrogen and oxygen atoms in total. The number of hydrogen-bond donors (Lipinski definition) is 4. The van der Waals surface area contributed by atoms with Gasteiger partial charge in [0.05, 0.1) is 16.6 Å². The highest BCUT2D eigenvalue weighted by Gasteiger charge is 2.32. The number of piperidine rings is 1. The predicted octanol–water partition coefficient (Wildman–Crippen LogP) is 6.04. The van der Waals surface area contributed by atoms with E-state index in [2.05, 4.69) is 25.5 Å². The van der Waals surface area contributed by atoms with E-state index in [1.165, 1.54) is 12.4 Å². The van der Waals surface area contributed by atoms with Crippen molar-refractivity contribution in [1.82, 2.24) is 24.4 Å². The van der Waals surface area contributed by atoms with E-state index in [1.807, 2.05) is 48.9 Å². The van der Waals surface area contributed by atoms with Crippen LogP contribution < -0.4 is 21.1 Å². The van der Waals surface area contributed by atoms with E-state index in [0.29, 0.717) is 41.8 Å². The highest BCUT2D eigenvalue weighted by molar-refractivity contribution is 5.82. The van der Waals surface area contributed by atoms with E-state index in [9.17, 15) is 18.3 Å². The van der Waals surface area contributed by atoms with Crippen molar-refractivity contribution in [3.05, 3.63) is 89.7 Å². The summed E-state index contributed by atoms with van der Waals surface area (Å²) in [4.78, 5) is 15.3. The van der Waals surface area contributed by atoms with Gasteiger partial charge in [-0.3, -0.25) is 4.57 Å². The van der Waals surface area contributed by atoms with Crippen LogP contribution in [0.1, 0.15) is 35.8 Å². The number of rotatable bonds is 8. The minimum Gasteiger partial charge on any atom is -0.490 e. The summed E-state index contributed by atoms with van der Waals surface area (Å²) in [6.07, 6.45) is -3.46. The van der Waals surface area contributed by atoms with Crippen molar-refractivity contribution in [2.45, 2.75) is 38.3 Å². The van der Waals surface area contributed by atoms with Crippen LogP contribution in [0.3, 0.4) is 0 Å². The molecular weight excluding hydrogens is 585 g/mol. The molecule has 13 heteroatoms. The van der Waals surface area contributed by atoms with Gasteiger partial charge in [0.2, 0.25) is 5.95 Å². The van der Waals surface area contributed by atoms with E-state index in [1.54, 1.807) is 18.2 Å². The molecule has 0 saturated carbocycles. The summed E-state index contributed by atoms with van der Waals surface area (Å²) in [5.74, 6) is 1.35. The first-order valence-corrected chi connectivity index (χ1v) is 14.5. The molecule has 3 aromatic carbocycles. The number of alkyl halides is 3. The van der Waals surface area contributed by atoms with Crippen LogP contribution in [0.5, 0.6) is 5.75 Å².